The molecular weight excluding hydrogens is 503 g/mol. The Morgan fingerprint density at radius 2 is 2.19 bits per heavy atom. The number of carbonyl (C=O) groups is 1. The summed E-state index contributed by atoms with van der Waals surface area (Å²) in [6, 6.07) is 4.83. The van der Waals surface area contributed by atoms with Crippen LogP contribution >= 0.6 is 11.6 Å². The fourth-order valence-corrected chi connectivity index (χ4v) is 4.40. The van der Waals surface area contributed by atoms with Gasteiger partial charge in [0.2, 0.25) is 0 Å². The van der Waals surface area contributed by atoms with Crippen molar-refractivity contribution in [2.75, 3.05) is 35.7 Å². The molecule has 0 bridgehead atoms. The first-order valence-electron chi connectivity index (χ1n) is 11.5. The summed E-state index contributed by atoms with van der Waals surface area (Å²) in [6.45, 7) is 7.76. The van der Waals surface area contributed by atoms with Crippen molar-refractivity contribution in [2.45, 2.75) is 37.5 Å². The first-order chi connectivity index (χ1) is 17.9. The Balaban J connectivity index is 1.45. The van der Waals surface area contributed by atoms with E-state index in [9.17, 15) is 14.4 Å². The highest BCUT2D eigenvalue weighted by atomic mass is 35.5. The summed E-state index contributed by atoms with van der Waals surface area (Å²) in [5.41, 5.74) is 1.54. The minimum atomic E-state index is -1.37. The number of imidazole rings is 1. The molecule has 2 aromatic heterocycles. The molecule has 2 aliphatic rings. The van der Waals surface area contributed by atoms with Crippen molar-refractivity contribution in [2.24, 2.45) is 0 Å². The molecule has 1 aliphatic heterocycles. The Hall–Kier alpha value is -4.36. The average Bonchev–Trinajstić information content (AvgIpc) is 3.62. The molecule has 1 saturated carbocycles. The Labute approximate surface area is 216 Å². The van der Waals surface area contributed by atoms with Gasteiger partial charge in [-0.3, -0.25) is 0 Å². The number of nitrogens with zero attached hydrogens (tertiary/aromatic N) is 7. The van der Waals surface area contributed by atoms with E-state index in [2.05, 4.69) is 46.7 Å². The fourth-order valence-electron chi connectivity index (χ4n) is 4.13. The number of carbonyl (C=O) groups excluding carboxylic acids is 1. The van der Waals surface area contributed by atoms with E-state index in [4.69, 9.17) is 18.2 Å². The van der Waals surface area contributed by atoms with Gasteiger partial charge in [-0.25, -0.2) is 14.2 Å². The van der Waals surface area contributed by atoms with Gasteiger partial charge in [-0.1, -0.05) is 23.3 Å². The minimum Gasteiger partial charge on any atom is -0.453 e. The van der Waals surface area contributed by atoms with Crippen LogP contribution in [0.25, 0.3) is 10.5 Å². The number of ether oxygens (including phenoxy) is 1. The van der Waals surface area contributed by atoms with Crippen molar-refractivity contribution in [3.05, 3.63) is 40.3 Å². The summed E-state index contributed by atoms with van der Waals surface area (Å²) in [6.07, 6.45) is 1.70. The third kappa shape index (κ3) is 4.99. The molecule has 14 heteroatoms. The van der Waals surface area contributed by atoms with Crippen LogP contribution in [0.5, 0.6) is 0 Å². The first kappa shape index (κ1) is 24.3. The number of benzene rings is 1. The molecule has 190 valence electrons. The smallest absolute Gasteiger partial charge is 0.407 e. The van der Waals surface area contributed by atoms with Gasteiger partial charge in [0.1, 0.15) is 6.17 Å². The lowest BCUT2D eigenvalue weighted by Crippen LogP contribution is -2.52. The average molecular weight is 525 g/mol. The number of nitriles is 1. The van der Waals surface area contributed by atoms with E-state index in [1.165, 1.54) is 17.8 Å². The second kappa shape index (κ2) is 9.95. The predicted octanol–water partition coefficient (Wildman–Crippen LogP) is 3.79. The highest BCUT2D eigenvalue weighted by molar-refractivity contribution is 6.36. The van der Waals surface area contributed by atoms with Gasteiger partial charge in [0, 0.05) is 12.6 Å². The molecule has 2 fully saturated rings. The van der Waals surface area contributed by atoms with E-state index in [0.717, 1.165) is 12.8 Å². The molecule has 37 heavy (non-hydrogen) atoms. The molecule has 3 aromatic rings. The Morgan fingerprint density at radius 3 is 2.86 bits per heavy atom. The molecule has 1 aliphatic carbocycles. The molecule has 1 aromatic carbocycles. The van der Waals surface area contributed by atoms with Crippen LogP contribution in [0.3, 0.4) is 0 Å². The van der Waals surface area contributed by atoms with Crippen molar-refractivity contribution in [3.63, 3.8) is 0 Å². The number of fused-ring (bicyclic) bond motifs is 1. The zero-order valence-electron chi connectivity index (χ0n) is 19.7. The van der Waals surface area contributed by atoms with Crippen LogP contribution in [0.4, 0.5) is 38.1 Å². The molecule has 3 heterocycles. The number of nitrogens with one attached hydrogen (secondary N) is 3. The monoisotopic (exact) mass is 524 g/mol. The van der Waals surface area contributed by atoms with Gasteiger partial charge in [0.25, 0.3) is 17.4 Å². The second-order valence-electron chi connectivity index (χ2n) is 8.75. The minimum absolute atomic E-state index is 0.0377. The number of alkyl carbamates (subject to hydrolysis) is 1. The summed E-state index contributed by atoms with van der Waals surface area (Å²) in [5, 5.41) is 23.1. The van der Waals surface area contributed by atoms with Crippen molar-refractivity contribution < 1.29 is 13.9 Å². The van der Waals surface area contributed by atoms with Crippen molar-refractivity contribution in [3.8, 4) is 6.07 Å². The summed E-state index contributed by atoms with van der Waals surface area (Å²) < 4.78 is 20.9. The van der Waals surface area contributed by atoms with Gasteiger partial charge in [-0.05, 0) is 31.4 Å². The van der Waals surface area contributed by atoms with E-state index in [1.54, 1.807) is 17.0 Å². The largest absolute Gasteiger partial charge is 0.453 e. The van der Waals surface area contributed by atoms with Crippen LogP contribution < -0.4 is 20.9 Å². The van der Waals surface area contributed by atoms with Gasteiger partial charge < -0.3 is 30.4 Å². The van der Waals surface area contributed by atoms with Crippen molar-refractivity contribution in [1.82, 2.24) is 24.9 Å². The van der Waals surface area contributed by atoms with Gasteiger partial charge in [0.05, 0.1) is 53.9 Å². The van der Waals surface area contributed by atoms with E-state index < -0.39 is 18.3 Å². The molecule has 1 amide bonds. The Morgan fingerprint density at radius 1 is 1.38 bits per heavy atom. The van der Waals surface area contributed by atoms with Crippen molar-refractivity contribution >= 4 is 52.3 Å². The predicted molar refractivity (Wildman–Crippen MR) is 134 cm³/mol. The number of rotatable bonds is 6. The van der Waals surface area contributed by atoms with Crippen LogP contribution in [0.15, 0.2) is 18.3 Å². The number of aromatic nitrogens is 4. The molecule has 3 N–H and O–H groups in total. The van der Waals surface area contributed by atoms with Gasteiger partial charge in [0.15, 0.2) is 5.82 Å². The number of piperidine rings is 1. The summed E-state index contributed by atoms with van der Waals surface area (Å²) in [5.74, 6) is 0.836. The summed E-state index contributed by atoms with van der Waals surface area (Å²) in [7, 11) is 1.22. The molecule has 12 nitrogen and oxygen atoms in total. The topological polar surface area (TPSA) is 137 Å². The van der Waals surface area contributed by atoms with E-state index in [-0.39, 0.29) is 29.4 Å². The van der Waals surface area contributed by atoms with Crippen molar-refractivity contribution in [1.29, 1.82) is 5.26 Å². The highest BCUT2D eigenvalue weighted by Gasteiger charge is 2.32. The fraction of sp³-hybridized carbons (Fsp3) is 0.391. The van der Waals surface area contributed by atoms with Crippen LogP contribution in [0, 0.1) is 17.9 Å². The normalized spacial score (nSPS) is 19.1. The number of alkyl halides is 1. The third-order valence-electron chi connectivity index (χ3n) is 6.18. The highest BCUT2D eigenvalue weighted by Crippen LogP contribution is 2.38. The van der Waals surface area contributed by atoms with Crippen LogP contribution in [0.2, 0.25) is 5.02 Å². The maximum Gasteiger partial charge on any atom is 0.407 e. The van der Waals surface area contributed by atoms with Crippen LogP contribution in [-0.2, 0) is 4.74 Å². The summed E-state index contributed by atoms with van der Waals surface area (Å²) in [4.78, 5) is 25.5. The molecule has 0 unspecified atom stereocenters. The van der Waals surface area contributed by atoms with Crippen LogP contribution in [0.1, 0.15) is 24.8 Å². The van der Waals surface area contributed by atoms with Gasteiger partial charge >= 0.3 is 6.09 Å². The lowest BCUT2D eigenvalue weighted by atomic mass is 10.0. The second-order valence-corrected chi connectivity index (χ2v) is 9.13. The molecule has 2 atom stereocenters. The number of methoxy groups -OCH3 is 1. The quantitative estimate of drug-likeness (QED) is 0.411. The molecule has 1 saturated heterocycles. The first-order valence-corrected chi connectivity index (χ1v) is 11.9. The SMILES string of the molecule is [C-]#[N+]c1cnc2c(NC3CC3)nc(Nc3cc(C#N)cc(N4CC[C@H](NC(=O)OC)[C@H](F)C4)c3Cl)nn12. The molecular formula is C23H22ClFN10O2. The molecule has 0 radical (unpaired) electrons. The van der Waals surface area contributed by atoms with E-state index in [0.29, 0.717) is 41.4 Å². The number of hydrogen-bond donors (Lipinski definition) is 3. The van der Waals surface area contributed by atoms with Gasteiger partial charge in [-0.2, -0.15) is 10.2 Å². The standard InChI is InChI=1S/C23H22ClFN10O2/c1-27-18-10-28-21-20(29-13-3-4-13)32-22(33-35(18)21)30-16-7-12(9-26)8-17(19(16)24)34-6-5-15(14(25)11-34)31-23(36)37-2/h7-8,10,13-15H,3-6,11H2,2H3,(H,31,36)(H2,29,30,32,33)/t14-,15+/m1/s1. The molecule has 5 rings (SSSR count). The maximum absolute atomic E-state index is 14.9. The van der Waals surface area contributed by atoms with E-state index in [1.807, 2.05) is 0 Å². The van der Waals surface area contributed by atoms with E-state index >= 15 is 0 Å². The van der Waals surface area contributed by atoms with Gasteiger partial charge in [-0.15, -0.1) is 4.52 Å². The number of halogens is 2. The third-order valence-corrected chi connectivity index (χ3v) is 6.57. The number of amides is 1. The maximum atomic E-state index is 14.9. The lowest BCUT2D eigenvalue weighted by molar-refractivity contribution is 0.150. The van der Waals surface area contributed by atoms with Crippen LogP contribution in [-0.4, -0.2) is 64.1 Å². The number of anilines is 4. The summed E-state index contributed by atoms with van der Waals surface area (Å²) >= 11 is 6.74. The Kier molecular flexibility index (Phi) is 6.54. The molecule has 0 spiro atoms. The zero-order chi connectivity index (χ0) is 26.1. The number of hydrogen-bond acceptors (Lipinski definition) is 9. The lowest BCUT2D eigenvalue weighted by Gasteiger charge is -2.36. The zero-order valence-corrected chi connectivity index (χ0v) is 20.5. The Bertz CT molecular complexity index is 1440.